The van der Waals surface area contributed by atoms with Crippen molar-refractivity contribution in [2.45, 2.75) is 26.3 Å². The van der Waals surface area contributed by atoms with Crippen molar-refractivity contribution in [2.24, 2.45) is 0 Å². The highest BCUT2D eigenvalue weighted by molar-refractivity contribution is 5.91. The topological polar surface area (TPSA) is 96.1 Å². The molecule has 0 radical (unpaired) electrons. The van der Waals surface area contributed by atoms with E-state index in [-0.39, 0.29) is 24.8 Å². The number of carbonyl (C=O) groups excluding carboxylic acids is 1. The third kappa shape index (κ3) is 4.45. The Kier molecular flexibility index (Phi) is 5.90. The Labute approximate surface area is 195 Å². The van der Waals surface area contributed by atoms with Gasteiger partial charge in [-0.15, -0.1) is 0 Å². The zero-order chi connectivity index (χ0) is 23.5. The number of fused-ring (bicyclic) bond motifs is 2. The van der Waals surface area contributed by atoms with Crippen LogP contribution in [-0.2, 0) is 11.3 Å². The van der Waals surface area contributed by atoms with Gasteiger partial charge in [0.2, 0.25) is 12.7 Å². The SMILES string of the molecule is CCCCOc1ccc(-c2cc3c(=O)n(CC(=O)Nc4ccc5c(c4)OCO5)ccn3n2)cc1. The average molecular weight is 460 g/mol. The maximum Gasteiger partial charge on any atom is 0.277 e. The minimum absolute atomic E-state index is 0.131. The second kappa shape index (κ2) is 9.30. The van der Waals surface area contributed by atoms with Crippen molar-refractivity contribution in [3.63, 3.8) is 0 Å². The number of nitrogens with one attached hydrogen (secondary N) is 1. The van der Waals surface area contributed by atoms with Crippen molar-refractivity contribution in [3.8, 4) is 28.5 Å². The van der Waals surface area contributed by atoms with Crippen LogP contribution in [-0.4, -0.2) is 33.5 Å². The molecule has 0 fully saturated rings. The zero-order valence-electron chi connectivity index (χ0n) is 18.7. The zero-order valence-corrected chi connectivity index (χ0v) is 18.7. The predicted octanol–water partition coefficient (Wildman–Crippen LogP) is 3.71. The van der Waals surface area contributed by atoms with Crippen molar-refractivity contribution in [1.82, 2.24) is 14.2 Å². The number of amides is 1. The lowest BCUT2D eigenvalue weighted by Crippen LogP contribution is -2.28. The van der Waals surface area contributed by atoms with Crippen molar-refractivity contribution in [1.29, 1.82) is 0 Å². The molecule has 9 nitrogen and oxygen atoms in total. The summed E-state index contributed by atoms with van der Waals surface area (Å²) in [6, 6.07) is 14.5. The van der Waals surface area contributed by atoms with Gasteiger partial charge in [-0.1, -0.05) is 13.3 Å². The number of ether oxygens (including phenoxy) is 3. The summed E-state index contributed by atoms with van der Waals surface area (Å²) in [6.07, 6.45) is 5.30. The van der Waals surface area contributed by atoms with E-state index >= 15 is 0 Å². The number of hydrogen-bond acceptors (Lipinski definition) is 6. The Balaban J connectivity index is 1.30. The van der Waals surface area contributed by atoms with E-state index in [1.54, 1.807) is 36.7 Å². The van der Waals surface area contributed by atoms with Gasteiger partial charge in [-0.3, -0.25) is 9.59 Å². The van der Waals surface area contributed by atoms with Crippen LogP contribution in [0.2, 0.25) is 0 Å². The van der Waals surface area contributed by atoms with Gasteiger partial charge >= 0.3 is 0 Å². The standard InChI is InChI=1S/C25H24N4O5/c1-2-3-12-32-19-7-4-17(5-8-19)20-14-21-25(31)28(10-11-29(21)27-20)15-24(30)26-18-6-9-22-23(13-18)34-16-33-22/h4-11,13-14H,2-3,12,15-16H2,1H3,(H,26,30). The molecule has 1 N–H and O–H groups in total. The van der Waals surface area contributed by atoms with Crippen LogP contribution in [0.5, 0.6) is 17.2 Å². The molecule has 0 saturated heterocycles. The van der Waals surface area contributed by atoms with Gasteiger partial charge in [0.25, 0.3) is 5.56 Å². The Morgan fingerprint density at radius 3 is 2.74 bits per heavy atom. The van der Waals surface area contributed by atoms with Gasteiger partial charge < -0.3 is 24.1 Å². The normalized spacial score (nSPS) is 12.1. The second-order valence-electron chi connectivity index (χ2n) is 7.93. The van der Waals surface area contributed by atoms with Gasteiger partial charge in [0, 0.05) is 29.7 Å². The molecular formula is C25H24N4O5. The molecule has 34 heavy (non-hydrogen) atoms. The van der Waals surface area contributed by atoms with Crippen LogP contribution in [0.3, 0.4) is 0 Å². The number of aromatic nitrogens is 3. The highest BCUT2D eigenvalue weighted by Gasteiger charge is 2.15. The Morgan fingerprint density at radius 2 is 1.91 bits per heavy atom. The van der Waals surface area contributed by atoms with Crippen LogP contribution in [0, 0.1) is 0 Å². The lowest BCUT2D eigenvalue weighted by molar-refractivity contribution is -0.116. The first-order valence-corrected chi connectivity index (χ1v) is 11.1. The van der Waals surface area contributed by atoms with Crippen molar-refractivity contribution >= 4 is 17.1 Å². The molecule has 0 aliphatic carbocycles. The molecule has 174 valence electrons. The van der Waals surface area contributed by atoms with E-state index in [4.69, 9.17) is 14.2 Å². The van der Waals surface area contributed by atoms with E-state index < -0.39 is 0 Å². The monoisotopic (exact) mass is 460 g/mol. The van der Waals surface area contributed by atoms with Crippen molar-refractivity contribution < 1.29 is 19.0 Å². The van der Waals surface area contributed by atoms with Crippen LogP contribution in [0.25, 0.3) is 16.8 Å². The smallest absolute Gasteiger partial charge is 0.277 e. The maximum atomic E-state index is 13.0. The molecule has 3 heterocycles. The Morgan fingerprint density at radius 1 is 1.09 bits per heavy atom. The number of anilines is 1. The highest BCUT2D eigenvalue weighted by atomic mass is 16.7. The van der Waals surface area contributed by atoms with Crippen LogP contribution >= 0.6 is 0 Å². The number of unbranched alkanes of at least 4 members (excludes halogenated alkanes) is 1. The molecule has 2 aromatic heterocycles. The molecule has 5 rings (SSSR count). The number of benzene rings is 2. The first-order chi connectivity index (χ1) is 16.6. The maximum absolute atomic E-state index is 13.0. The van der Waals surface area contributed by atoms with Crippen LogP contribution in [0.4, 0.5) is 5.69 Å². The number of hydrogen-bond donors (Lipinski definition) is 1. The number of nitrogens with zero attached hydrogens (tertiary/aromatic N) is 3. The predicted molar refractivity (Wildman–Crippen MR) is 126 cm³/mol. The molecule has 1 aliphatic heterocycles. The molecule has 1 amide bonds. The Bertz CT molecular complexity index is 1390. The fourth-order valence-corrected chi connectivity index (χ4v) is 3.68. The third-order valence-electron chi connectivity index (χ3n) is 5.49. The third-order valence-corrected chi connectivity index (χ3v) is 5.49. The summed E-state index contributed by atoms with van der Waals surface area (Å²) in [4.78, 5) is 25.5. The quantitative estimate of drug-likeness (QED) is 0.403. The summed E-state index contributed by atoms with van der Waals surface area (Å²) in [6.45, 7) is 2.84. The fourth-order valence-electron chi connectivity index (χ4n) is 3.68. The molecule has 0 unspecified atom stereocenters. The van der Waals surface area contributed by atoms with E-state index in [0.717, 1.165) is 24.2 Å². The molecule has 0 bridgehead atoms. The summed E-state index contributed by atoms with van der Waals surface area (Å²) < 4.78 is 19.2. The summed E-state index contributed by atoms with van der Waals surface area (Å²) in [5.74, 6) is 1.68. The molecule has 9 heteroatoms. The summed E-state index contributed by atoms with van der Waals surface area (Å²) in [7, 11) is 0. The lowest BCUT2D eigenvalue weighted by Gasteiger charge is -2.08. The number of carbonyl (C=O) groups is 1. The summed E-state index contributed by atoms with van der Waals surface area (Å²) >= 11 is 0. The van der Waals surface area contributed by atoms with Crippen LogP contribution < -0.4 is 25.1 Å². The van der Waals surface area contributed by atoms with E-state index in [1.165, 1.54) is 9.08 Å². The van der Waals surface area contributed by atoms with Gasteiger partial charge in [-0.2, -0.15) is 5.10 Å². The number of rotatable bonds is 8. The Hall–Kier alpha value is -4.27. The molecular weight excluding hydrogens is 436 g/mol. The molecule has 0 spiro atoms. The van der Waals surface area contributed by atoms with Gasteiger partial charge in [-0.25, -0.2) is 4.52 Å². The van der Waals surface area contributed by atoms with E-state index in [0.29, 0.717) is 35.0 Å². The second-order valence-corrected chi connectivity index (χ2v) is 7.93. The van der Waals surface area contributed by atoms with E-state index in [9.17, 15) is 9.59 Å². The van der Waals surface area contributed by atoms with E-state index in [2.05, 4.69) is 17.3 Å². The molecule has 4 aromatic rings. The highest BCUT2D eigenvalue weighted by Crippen LogP contribution is 2.34. The molecule has 1 aliphatic rings. The lowest BCUT2D eigenvalue weighted by atomic mass is 10.1. The first-order valence-electron chi connectivity index (χ1n) is 11.1. The molecule has 0 atom stereocenters. The van der Waals surface area contributed by atoms with Crippen LogP contribution in [0.1, 0.15) is 19.8 Å². The largest absolute Gasteiger partial charge is 0.494 e. The van der Waals surface area contributed by atoms with E-state index in [1.807, 2.05) is 24.3 Å². The first kappa shape index (κ1) is 21.6. The van der Waals surface area contributed by atoms with Crippen LogP contribution in [0.15, 0.2) is 65.7 Å². The van der Waals surface area contributed by atoms with Gasteiger partial charge in [0.15, 0.2) is 11.5 Å². The van der Waals surface area contributed by atoms with Gasteiger partial charge in [0.05, 0.1) is 12.3 Å². The fraction of sp³-hybridized carbons (Fsp3) is 0.240. The minimum Gasteiger partial charge on any atom is -0.494 e. The van der Waals surface area contributed by atoms with Crippen molar-refractivity contribution in [3.05, 3.63) is 71.3 Å². The van der Waals surface area contributed by atoms with Gasteiger partial charge in [-0.05, 0) is 48.9 Å². The molecule has 2 aromatic carbocycles. The van der Waals surface area contributed by atoms with Crippen molar-refractivity contribution in [2.75, 3.05) is 18.7 Å². The minimum atomic E-state index is -0.330. The van der Waals surface area contributed by atoms with Gasteiger partial charge in [0.1, 0.15) is 17.8 Å². The molecule has 0 saturated carbocycles. The summed E-state index contributed by atoms with van der Waals surface area (Å²) in [5, 5.41) is 7.29. The summed E-state index contributed by atoms with van der Waals surface area (Å²) in [5.41, 5.74) is 2.19. The average Bonchev–Trinajstić information content (AvgIpc) is 3.49.